The molecule has 0 fully saturated rings. The number of Topliss-reactive ketones (excluding diaryl/α,β-unsaturated/α-hetero) is 1. The van der Waals surface area contributed by atoms with Crippen LogP contribution in [0.4, 0.5) is 5.69 Å². The van der Waals surface area contributed by atoms with Gasteiger partial charge in [-0.05, 0) is 36.8 Å². The van der Waals surface area contributed by atoms with Gasteiger partial charge < -0.3 is 14.8 Å². The second-order valence-electron chi connectivity index (χ2n) is 6.88. The Morgan fingerprint density at radius 1 is 0.903 bits per heavy atom. The highest BCUT2D eigenvalue weighted by Crippen LogP contribution is 2.27. The summed E-state index contributed by atoms with van der Waals surface area (Å²) in [5.41, 5.74) is 3.46. The summed E-state index contributed by atoms with van der Waals surface area (Å²) in [4.78, 5) is 36.2. The number of rotatable bonds is 8. The zero-order chi connectivity index (χ0) is 22.2. The molecule has 3 aromatic rings. The molecule has 3 aromatic carbocycles. The molecular weight excluding hydrogens is 394 g/mol. The van der Waals surface area contributed by atoms with Crippen molar-refractivity contribution in [3.63, 3.8) is 0 Å². The predicted octanol–water partition coefficient (Wildman–Crippen LogP) is 4.29. The molecule has 0 aliphatic heterocycles. The second-order valence-corrected chi connectivity index (χ2v) is 6.88. The van der Waals surface area contributed by atoms with E-state index >= 15 is 0 Å². The molecule has 3 rings (SSSR count). The first kappa shape index (κ1) is 21.8. The first-order valence-electron chi connectivity index (χ1n) is 9.75. The molecule has 31 heavy (non-hydrogen) atoms. The zero-order valence-corrected chi connectivity index (χ0v) is 17.4. The van der Waals surface area contributed by atoms with E-state index in [1.165, 1.54) is 14.0 Å². The van der Waals surface area contributed by atoms with Crippen molar-refractivity contribution in [2.24, 2.45) is 0 Å². The van der Waals surface area contributed by atoms with E-state index in [1.807, 2.05) is 48.5 Å². The number of ether oxygens (including phenoxy) is 2. The largest absolute Gasteiger partial charge is 0.496 e. The number of esters is 1. The third kappa shape index (κ3) is 5.79. The summed E-state index contributed by atoms with van der Waals surface area (Å²) in [6.45, 7) is 1.03. The number of hydrogen-bond donors (Lipinski definition) is 1. The van der Waals surface area contributed by atoms with Crippen LogP contribution in [-0.2, 0) is 20.7 Å². The molecule has 0 spiro atoms. The van der Waals surface area contributed by atoms with Crippen molar-refractivity contribution >= 4 is 23.3 Å². The lowest BCUT2D eigenvalue weighted by atomic mass is 10.0. The van der Waals surface area contributed by atoms with Crippen LogP contribution in [-0.4, -0.2) is 31.4 Å². The number of benzene rings is 3. The predicted molar refractivity (Wildman–Crippen MR) is 118 cm³/mol. The molecule has 0 saturated carbocycles. The Balaban J connectivity index is 1.62. The monoisotopic (exact) mass is 417 g/mol. The molecule has 6 nitrogen and oxygen atoms in total. The summed E-state index contributed by atoms with van der Waals surface area (Å²) in [6, 6.07) is 21.9. The minimum absolute atomic E-state index is 0.113. The summed E-state index contributed by atoms with van der Waals surface area (Å²) in [5, 5.41) is 2.79. The van der Waals surface area contributed by atoms with Crippen molar-refractivity contribution in [2.45, 2.75) is 13.3 Å². The maximum absolute atomic E-state index is 12.4. The van der Waals surface area contributed by atoms with Gasteiger partial charge in [0, 0.05) is 22.4 Å². The van der Waals surface area contributed by atoms with Crippen LogP contribution in [0, 0.1) is 0 Å². The number of ketones is 1. The van der Waals surface area contributed by atoms with Gasteiger partial charge in [0.05, 0.1) is 13.5 Å². The van der Waals surface area contributed by atoms with Gasteiger partial charge in [-0.1, -0.05) is 48.5 Å². The van der Waals surface area contributed by atoms with Gasteiger partial charge in [-0.25, -0.2) is 0 Å². The van der Waals surface area contributed by atoms with Crippen LogP contribution in [0.3, 0.4) is 0 Å². The Morgan fingerprint density at radius 3 is 2.32 bits per heavy atom. The Kier molecular flexibility index (Phi) is 7.17. The van der Waals surface area contributed by atoms with Crippen LogP contribution in [0.1, 0.15) is 22.8 Å². The number of para-hydroxylation sites is 1. The summed E-state index contributed by atoms with van der Waals surface area (Å²) in [6.07, 6.45) is -0.113. The van der Waals surface area contributed by atoms with E-state index in [0.717, 1.165) is 11.1 Å². The van der Waals surface area contributed by atoms with Crippen molar-refractivity contribution in [1.29, 1.82) is 0 Å². The van der Waals surface area contributed by atoms with E-state index in [1.54, 1.807) is 24.3 Å². The highest BCUT2D eigenvalue weighted by atomic mass is 16.5. The van der Waals surface area contributed by atoms with Gasteiger partial charge >= 0.3 is 5.97 Å². The topological polar surface area (TPSA) is 81.7 Å². The van der Waals surface area contributed by atoms with Gasteiger partial charge in [0.15, 0.2) is 12.4 Å². The van der Waals surface area contributed by atoms with Crippen LogP contribution in [0.2, 0.25) is 0 Å². The lowest BCUT2D eigenvalue weighted by Crippen LogP contribution is -2.22. The van der Waals surface area contributed by atoms with Crippen LogP contribution < -0.4 is 10.1 Å². The minimum Gasteiger partial charge on any atom is -0.496 e. The van der Waals surface area contributed by atoms with Crippen molar-refractivity contribution in [3.8, 4) is 16.9 Å². The number of hydrogen-bond acceptors (Lipinski definition) is 5. The SMILES string of the molecule is COc1ccc(C(C)=O)cc1CC(=O)OCC(=O)Nc1ccccc1-c1ccccc1. The number of anilines is 1. The number of amides is 1. The average Bonchev–Trinajstić information content (AvgIpc) is 2.78. The van der Waals surface area contributed by atoms with Gasteiger partial charge in [0.25, 0.3) is 5.91 Å². The standard InChI is InChI=1S/C25H23NO5/c1-17(27)19-12-13-23(30-2)20(14-19)15-25(29)31-16-24(28)26-22-11-7-6-10-21(22)18-8-4-3-5-9-18/h3-14H,15-16H2,1-2H3,(H,26,28). The summed E-state index contributed by atoms with van der Waals surface area (Å²) in [5.74, 6) is -0.677. The molecule has 0 bridgehead atoms. The van der Waals surface area contributed by atoms with Crippen molar-refractivity contribution in [1.82, 2.24) is 0 Å². The summed E-state index contributed by atoms with van der Waals surface area (Å²) >= 11 is 0. The molecule has 0 unspecified atom stereocenters. The molecule has 0 saturated heterocycles. The highest BCUT2D eigenvalue weighted by Gasteiger charge is 2.15. The molecule has 1 amide bonds. The van der Waals surface area contributed by atoms with Crippen LogP contribution >= 0.6 is 0 Å². The Bertz CT molecular complexity index is 1090. The minimum atomic E-state index is -0.592. The van der Waals surface area contributed by atoms with Crippen LogP contribution in [0.5, 0.6) is 5.75 Å². The molecule has 0 heterocycles. The van der Waals surface area contributed by atoms with Gasteiger partial charge in [-0.3, -0.25) is 14.4 Å². The fraction of sp³-hybridized carbons (Fsp3) is 0.160. The first-order chi connectivity index (χ1) is 15.0. The van der Waals surface area contributed by atoms with E-state index in [9.17, 15) is 14.4 Å². The van der Waals surface area contributed by atoms with Gasteiger partial charge in [-0.15, -0.1) is 0 Å². The third-order valence-corrected chi connectivity index (χ3v) is 4.67. The Hall–Kier alpha value is -3.93. The van der Waals surface area contributed by atoms with Gasteiger partial charge in [0.1, 0.15) is 5.75 Å². The molecule has 0 aliphatic carbocycles. The zero-order valence-electron chi connectivity index (χ0n) is 17.4. The second kappa shape index (κ2) is 10.2. The summed E-state index contributed by atoms with van der Waals surface area (Å²) in [7, 11) is 1.48. The van der Waals surface area contributed by atoms with Gasteiger partial charge in [-0.2, -0.15) is 0 Å². The quantitative estimate of drug-likeness (QED) is 0.437. The number of nitrogens with one attached hydrogen (secondary N) is 1. The fourth-order valence-corrected chi connectivity index (χ4v) is 3.14. The van der Waals surface area contributed by atoms with E-state index in [0.29, 0.717) is 22.6 Å². The molecular formula is C25H23NO5. The van der Waals surface area contributed by atoms with E-state index < -0.39 is 18.5 Å². The number of carbonyl (C=O) groups is 3. The molecule has 6 heteroatoms. The van der Waals surface area contributed by atoms with Crippen molar-refractivity contribution < 1.29 is 23.9 Å². The molecule has 1 N–H and O–H groups in total. The van der Waals surface area contributed by atoms with Gasteiger partial charge in [0.2, 0.25) is 0 Å². The fourth-order valence-electron chi connectivity index (χ4n) is 3.14. The molecule has 0 atom stereocenters. The normalized spacial score (nSPS) is 10.3. The highest BCUT2D eigenvalue weighted by molar-refractivity contribution is 5.97. The van der Waals surface area contributed by atoms with E-state index in [4.69, 9.17) is 9.47 Å². The smallest absolute Gasteiger partial charge is 0.310 e. The van der Waals surface area contributed by atoms with Crippen molar-refractivity contribution in [3.05, 3.63) is 83.9 Å². The lowest BCUT2D eigenvalue weighted by Gasteiger charge is -2.12. The Labute approximate surface area is 180 Å². The van der Waals surface area contributed by atoms with E-state index in [-0.39, 0.29) is 12.2 Å². The third-order valence-electron chi connectivity index (χ3n) is 4.67. The average molecular weight is 417 g/mol. The molecule has 0 aliphatic rings. The molecule has 0 radical (unpaired) electrons. The van der Waals surface area contributed by atoms with Crippen molar-refractivity contribution in [2.75, 3.05) is 19.0 Å². The molecule has 158 valence electrons. The van der Waals surface area contributed by atoms with E-state index in [2.05, 4.69) is 5.32 Å². The molecule has 0 aromatic heterocycles. The maximum Gasteiger partial charge on any atom is 0.310 e. The van der Waals surface area contributed by atoms with Crippen LogP contribution in [0.25, 0.3) is 11.1 Å². The summed E-state index contributed by atoms with van der Waals surface area (Å²) < 4.78 is 10.4. The first-order valence-corrected chi connectivity index (χ1v) is 9.75. The number of methoxy groups -OCH3 is 1. The lowest BCUT2D eigenvalue weighted by molar-refractivity contribution is -0.146. The number of carbonyl (C=O) groups excluding carboxylic acids is 3. The van der Waals surface area contributed by atoms with Crippen LogP contribution in [0.15, 0.2) is 72.8 Å². The Morgan fingerprint density at radius 2 is 1.61 bits per heavy atom. The maximum atomic E-state index is 12.4.